The highest BCUT2D eigenvalue weighted by atomic mass is 16.3. The first kappa shape index (κ1) is 11.1. The molecule has 0 saturated heterocycles. The van der Waals surface area contributed by atoms with E-state index < -0.39 is 0 Å². The van der Waals surface area contributed by atoms with Crippen LogP contribution in [0.4, 0.5) is 5.82 Å². The number of anilines is 1. The molecule has 1 saturated carbocycles. The average molecular weight is 223 g/mol. The van der Waals surface area contributed by atoms with Crippen molar-refractivity contribution in [2.75, 3.05) is 5.73 Å². The zero-order valence-electron chi connectivity index (χ0n) is 9.34. The van der Waals surface area contributed by atoms with Gasteiger partial charge >= 0.3 is 5.69 Å². The lowest BCUT2D eigenvalue weighted by atomic mass is 10.0. The quantitative estimate of drug-likeness (QED) is 0.767. The maximum absolute atomic E-state index is 11.6. The highest BCUT2D eigenvalue weighted by Crippen LogP contribution is 2.35. The Bertz CT molecular complexity index is 429. The van der Waals surface area contributed by atoms with Crippen LogP contribution in [0.1, 0.15) is 32.2 Å². The molecule has 16 heavy (non-hydrogen) atoms. The second-order valence-electron chi connectivity index (χ2n) is 4.40. The molecule has 3 N–H and O–H groups in total. The summed E-state index contributed by atoms with van der Waals surface area (Å²) in [5, 5.41) is 9.81. The number of aromatic nitrogens is 2. The molecule has 1 heterocycles. The third-order valence-electron chi connectivity index (χ3n) is 3.40. The molecule has 1 fully saturated rings. The van der Waals surface area contributed by atoms with E-state index in [0.717, 1.165) is 12.8 Å². The molecule has 3 unspecified atom stereocenters. The molecule has 0 radical (unpaired) electrons. The summed E-state index contributed by atoms with van der Waals surface area (Å²) in [6.45, 7) is 2.06. The summed E-state index contributed by atoms with van der Waals surface area (Å²) < 4.78 is 1.58. The highest BCUT2D eigenvalue weighted by Gasteiger charge is 2.33. The predicted molar refractivity (Wildman–Crippen MR) is 61.0 cm³/mol. The second kappa shape index (κ2) is 4.25. The fourth-order valence-electron chi connectivity index (χ4n) is 2.44. The molecule has 1 aliphatic carbocycles. The minimum atomic E-state index is -0.325. The molecular formula is C11H17N3O2. The Labute approximate surface area is 93.9 Å². The first-order chi connectivity index (χ1) is 7.61. The van der Waals surface area contributed by atoms with Gasteiger partial charge in [-0.2, -0.15) is 4.98 Å². The van der Waals surface area contributed by atoms with Gasteiger partial charge in [-0.05, 0) is 24.8 Å². The predicted octanol–water partition coefficient (Wildman–Crippen LogP) is 0.547. The summed E-state index contributed by atoms with van der Waals surface area (Å²) in [7, 11) is 0. The normalized spacial score (nSPS) is 29.5. The van der Waals surface area contributed by atoms with Gasteiger partial charge in [0.15, 0.2) is 0 Å². The van der Waals surface area contributed by atoms with E-state index in [1.54, 1.807) is 16.8 Å². The lowest BCUT2D eigenvalue weighted by Gasteiger charge is -2.12. The van der Waals surface area contributed by atoms with Crippen LogP contribution in [0.15, 0.2) is 17.1 Å². The van der Waals surface area contributed by atoms with Gasteiger partial charge in [0.1, 0.15) is 5.82 Å². The van der Waals surface area contributed by atoms with Crippen molar-refractivity contribution in [3.05, 3.63) is 22.7 Å². The summed E-state index contributed by atoms with van der Waals surface area (Å²) in [5.41, 5.74) is 5.11. The smallest absolute Gasteiger partial charge is 0.349 e. The van der Waals surface area contributed by atoms with Crippen molar-refractivity contribution in [3.8, 4) is 0 Å². The molecule has 1 aromatic heterocycles. The summed E-state index contributed by atoms with van der Waals surface area (Å²) >= 11 is 0. The molecule has 1 aliphatic rings. The topological polar surface area (TPSA) is 81.1 Å². The maximum atomic E-state index is 11.6. The summed E-state index contributed by atoms with van der Waals surface area (Å²) in [5.74, 6) is 0.529. The van der Waals surface area contributed by atoms with E-state index >= 15 is 0 Å². The Balaban J connectivity index is 2.23. The van der Waals surface area contributed by atoms with E-state index in [0.29, 0.717) is 6.42 Å². The third-order valence-corrected chi connectivity index (χ3v) is 3.40. The average Bonchev–Trinajstić information content (AvgIpc) is 2.59. The second-order valence-corrected chi connectivity index (χ2v) is 4.40. The minimum Gasteiger partial charge on any atom is -0.393 e. The summed E-state index contributed by atoms with van der Waals surface area (Å²) in [6.07, 6.45) is 3.77. The van der Waals surface area contributed by atoms with Crippen LogP contribution >= 0.6 is 0 Å². The fourth-order valence-corrected chi connectivity index (χ4v) is 2.44. The number of hydrogen-bond donors (Lipinski definition) is 2. The molecule has 5 nitrogen and oxygen atoms in total. The number of aliphatic hydroxyl groups excluding tert-OH is 1. The van der Waals surface area contributed by atoms with Gasteiger partial charge in [0.25, 0.3) is 0 Å². The molecule has 0 aromatic carbocycles. The summed E-state index contributed by atoms with van der Waals surface area (Å²) in [6, 6.07) is 1.67. The number of aliphatic hydroxyl groups is 1. The largest absolute Gasteiger partial charge is 0.393 e. The lowest BCUT2D eigenvalue weighted by molar-refractivity contribution is 0.129. The van der Waals surface area contributed by atoms with Gasteiger partial charge in [0.2, 0.25) is 0 Å². The number of rotatable bonds is 2. The molecule has 0 amide bonds. The van der Waals surface area contributed by atoms with E-state index in [-0.39, 0.29) is 29.6 Å². The number of nitrogens with zero attached hydrogens (tertiary/aromatic N) is 2. The first-order valence-corrected chi connectivity index (χ1v) is 5.64. The van der Waals surface area contributed by atoms with Crippen molar-refractivity contribution in [1.82, 2.24) is 9.55 Å². The van der Waals surface area contributed by atoms with Crippen molar-refractivity contribution < 1.29 is 5.11 Å². The Morgan fingerprint density at radius 1 is 1.62 bits per heavy atom. The van der Waals surface area contributed by atoms with Crippen molar-refractivity contribution in [3.63, 3.8) is 0 Å². The standard InChI is InChI=1S/C11H17N3O2/c1-2-7-5-8(6-9(7)15)14-4-3-10(12)13-11(14)16/h3-4,7-9,15H,2,5-6H2,1H3,(H2,12,13,16). The molecule has 88 valence electrons. The van der Waals surface area contributed by atoms with E-state index in [9.17, 15) is 9.90 Å². The number of hydrogen-bond acceptors (Lipinski definition) is 4. The van der Waals surface area contributed by atoms with Gasteiger partial charge < -0.3 is 10.8 Å². The van der Waals surface area contributed by atoms with Crippen LogP contribution in [0.2, 0.25) is 0 Å². The van der Waals surface area contributed by atoms with Gasteiger partial charge in [0.05, 0.1) is 6.10 Å². The monoisotopic (exact) mass is 223 g/mol. The zero-order valence-corrected chi connectivity index (χ0v) is 9.34. The fraction of sp³-hybridized carbons (Fsp3) is 0.636. The van der Waals surface area contributed by atoms with Crippen LogP contribution in [0.3, 0.4) is 0 Å². The van der Waals surface area contributed by atoms with Crippen LogP contribution < -0.4 is 11.4 Å². The van der Waals surface area contributed by atoms with Gasteiger partial charge in [-0.3, -0.25) is 4.57 Å². The van der Waals surface area contributed by atoms with E-state index in [2.05, 4.69) is 11.9 Å². The molecular weight excluding hydrogens is 206 g/mol. The van der Waals surface area contributed by atoms with Gasteiger partial charge in [-0.25, -0.2) is 4.79 Å². The van der Waals surface area contributed by atoms with Gasteiger partial charge in [-0.1, -0.05) is 13.3 Å². The van der Waals surface area contributed by atoms with E-state index in [4.69, 9.17) is 5.73 Å². The SMILES string of the molecule is CCC1CC(n2ccc(N)nc2=O)CC1O. The van der Waals surface area contributed by atoms with Crippen LogP contribution in [0, 0.1) is 5.92 Å². The maximum Gasteiger partial charge on any atom is 0.349 e. The van der Waals surface area contributed by atoms with Gasteiger partial charge in [-0.15, -0.1) is 0 Å². The number of nitrogen functional groups attached to an aromatic ring is 1. The molecule has 5 heteroatoms. The molecule has 1 aromatic rings. The van der Waals surface area contributed by atoms with E-state index in [1.165, 1.54) is 0 Å². The molecule has 0 aliphatic heterocycles. The van der Waals surface area contributed by atoms with Crippen LogP contribution in [-0.4, -0.2) is 20.8 Å². The minimum absolute atomic E-state index is 0.0561. The van der Waals surface area contributed by atoms with Crippen LogP contribution in [-0.2, 0) is 0 Å². The van der Waals surface area contributed by atoms with Crippen LogP contribution in [0.5, 0.6) is 0 Å². The lowest BCUT2D eigenvalue weighted by Crippen LogP contribution is -2.26. The first-order valence-electron chi connectivity index (χ1n) is 5.64. The van der Waals surface area contributed by atoms with Crippen molar-refractivity contribution in [2.45, 2.75) is 38.3 Å². The third kappa shape index (κ3) is 1.95. The molecule has 2 rings (SSSR count). The Morgan fingerprint density at radius 3 is 2.94 bits per heavy atom. The van der Waals surface area contributed by atoms with Crippen molar-refractivity contribution in [1.29, 1.82) is 0 Å². The Morgan fingerprint density at radius 2 is 2.38 bits per heavy atom. The van der Waals surface area contributed by atoms with Crippen LogP contribution in [0.25, 0.3) is 0 Å². The van der Waals surface area contributed by atoms with Crippen molar-refractivity contribution >= 4 is 5.82 Å². The molecule has 0 spiro atoms. The van der Waals surface area contributed by atoms with E-state index in [1.807, 2.05) is 0 Å². The Hall–Kier alpha value is -1.36. The van der Waals surface area contributed by atoms with Gasteiger partial charge in [0, 0.05) is 12.2 Å². The molecule has 3 atom stereocenters. The highest BCUT2D eigenvalue weighted by molar-refractivity contribution is 5.23. The number of nitrogens with two attached hydrogens (primary N) is 1. The summed E-state index contributed by atoms with van der Waals surface area (Å²) in [4.78, 5) is 15.3. The van der Waals surface area contributed by atoms with Crippen molar-refractivity contribution in [2.24, 2.45) is 5.92 Å². The zero-order chi connectivity index (χ0) is 11.7. The molecule has 0 bridgehead atoms. The Kier molecular flexibility index (Phi) is 2.96.